The maximum absolute atomic E-state index is 5.84. The molecule has 0 spiro atoms. The number of hydrogen-bond acceptors (Lipinski definition) is 1. The van der Waals surface area contributed by atoms with Crippen LogP contribution in [0.25, 0.3) is 0 Å². The van der Waals surface area contributed by atoms with Gasteiger partial charge in [0.2, 0.25) is 0 Å². The largest absolute Gasteiger partial charge is 0.417 e. The molecule has 12 heavy (non-hydrogen) atoms. The molecular weight excluding hydrogens is 164 g/mol. The molecule has 0 fully saturated rings. The Hall–Kier alpha value is -0.0831. The van der Waals surface area contributed by atoms with Gasteiger partial charge in [-0.2, -0.15) is 0 Å². The lowest BCUT2D eigenvalue weighted by Crippen LogP contribution is -2.29. The third-order valence-electron chi connectivity index (χ3n) is 1.88. The highest BCUT2D eigenvalue weighted by atomic mass is 28.4. The van der Waals surface area contributed by atoms with Crippen LogP contribution >= 0.6 is 0 Å². The number of unbranched alkanes of at least 4 members (excludes halogenated alkanes) is 2. The Kier molecular flexibility index (Phi) is 6.39. The Labute approximate surface area is 78.0 Å². The predicted octanol–water partition coefficient (Wildman–Crippen LogP) is 3.58. The van der Waals surface area contributed by atoms with Crippen molar-refractivity contribution in [2.75, 3.05) is 6.61 Å². The molecule has 0 amide bonds. The van der Waals surface area contributed by atoms with Gasteiger partial charge >= 0.3 is 0 Å². The second kappa shape index (κ2) is 6.43. The Bertz CT molecular complexity index is 121. The smallest absolute Gasteiger partial charge is 0.190 e. The van der Waals surface area contributed by atoms with E-state index >= 15 is 0 Å². The molecule has 0 aliphatic carbocycles. The molecular formula is C10H22OSi. The molecule has 0 aliphatic heterocycles. The van der Waals surface area contributed by atoms with Crippen molar-refractivity contribution in [3.63, 3.8) is 0 Å². The van der Waals surface area contributed by atoms with Gasteiger partial charge in [-0.15, -0.1) is 6.58 Å². The van der Waals surface area contributed by atoms with Gasteiger partial charge in [0.1, 0.15) is 0 Å². The van der Waals surface area contributed by atoms with E-state index in [9.17, 15) is 0 Å². The molecule has 0 aliphatic rings. The van der Waals surface area contributed by atoms with E-state index in [1.807, 2.05) is 6.08 Å². The van der Waals surface area contributed by atoms with Crippen LogP contribution in [0.5, 0.6) is 0 Å². The number of rotatable bonds is 7. The Balaban J connectivity index is 3.39. The van der Waals surface area contributed by atoms with Crippen LogP contribution < -0.4 is 0 Å². The van der Waals surface area contributed by atoms with Crippen LogP contribution in [0.15, 0.2) is 12.7 Å². The van der Waals surface area contributed by atoms with Gasteiger partial charge in [-0.1, -0.05) is 25.8 Å². The van der Waals surface area contributed by atoms with Crippen molar-refractivity contribution >= 4 is 8.32 Å². The Morgan fingerprint density at radius 3 is 2.50 bits per heavy atom. The number of allylic oxidation sites excluding steroid dienone is 1. The van der Waals surface area contributed by atoms with Crippen LogP contribution in [-0.4, -0.2) is 14.9 Å². The summed E-state index contributed by atoms with van der Waals surface area (Å²) in [6.07, 6.45) is 5.75. The average molecular weight is 186 g/mol. The zero-order valence-electron chi connectivity index (χ0n) is 8.73. The van der Waals surface area contributed by atoms with Gasteiger partial charge in [0.15, 0.2) is 8.32 Å². The molecule has 0 N–H and O–H groups in total. The highest BCUT2D eigenvalue weighted by molar-refractivity contribution is 6.71. The second-order valence-electron chi connectivity index (χ2n) is 3.81. The van der Waals surface area contributed by atoms with Gasteiger partial charge in [-0.05, 0) is 25.6 Å². The summed E-state index contributed by atoms with van der Waals surface area (Å²) < 4.78 is 5.84. The summed E-state index contributed by atoms with van der Waals surface area (Å²) >= 11 is 0. The minimum Gasteiger partial charge on any atom is -0.417 e. The quantitative estimate of drug-likeness (QED) is 0.335. The molecule has 72 valence electrons. The highest BCUT2D eigenvalue weighted by Gasteiger charge is 2.19. The standard InChI is InChI=1S/C10H22OSi/c1-5-7-8-9-11-12(3,4)10-6-2/h6H,2,5,7-10H2,1,3-4H3. The van der Waals surface area contributed by atoms with Crippen molar-refractivity contribution < 1.29 is 4.43 Å². The highest BCUT2D eigenvalue weighted by Crippen LogP contribution is 2.12. The Morgan fingerprint density at radius 1 is 1.33 bits per heavy atom. The molecule has 0 saturated heterocycles. The van der Waals surface area contributed by atoms with E-state index in [1.54, 1.807) is 0 Å². The van der Waals surface area contributed by atoms with Gasteiger partial charge in [-0.25, -0.2) is 0 Å². The summed E-state index contributed by atoms with van der Waals surface area (Å²) in [5, 5.41) is 0. The molecule has 0 rings (SSSR count). The zero-order chi connectivity index (χ0) is 9.45. The normalized spacial score (nSPS) is 11.6. The minimum atomic E-state index is -1.37. The summed E-state index contributed by atoms with van der Waals surface area (Å²) in [7, 11) is -1.37. The fraction of sp³-hybridized carbons (Fsp3) is 0.800. The van der Waals surface area contributed by atoms with E-state index in [0.717, 1.165) is 12.7 Å². The lowest BCUT2D eigenvalue weighted by Gasteiger charge is -2.20. The van der Waals surface area contributed by atoms with E-state index in [1.165, 1.54) is 19.3 Å². The lowest BCUT2D eigenvalue weighted by atomic mass is 10.3. The van der Waals surface area contributed by atoms with E-state index < -0.39 is 8.32 Å². The van der Waals surface area contributed by atoms with Crippen molar-refractivity contribution in [3.05, 3.63) is 12.7 Å². The van der Waals surface area contributed by atoms with Gasteiger partial charge in [0.25, 0.3) is 0 Å². The number of hydrogen-bond donors (Lipinski definition) is 0. The molecule has 0 aromatic rings. The van der Waals surface area contributed by atoms with Crippen molar-refractivity contribution in [2.24, 2.45) is 0 Å². The summed E-state index contributed by atoms with van der Waals surface area (Å²) in [6, 6.07) is 1.07. The zero-order valence-corrected chi connectivity index (χ0v) is 9.73. The van der Waals surface area contributed by atoms with E-state index in [4.69, 9.17) is 4.43 Å². The molecule has 0 saturated carbocycles. The van der Waals surface area contributed by atoms with Gasteiger partial charge in [0.05, 0.1) is 0 Å². The molecule has 0 radical (unpaired) electrons. The van der Waals surface area contributed by atoms with Crippen LogP contribution in [-0.2, 0) is 4.43 Å². The molecule has 0 atom stereocenters. The topological polar surface area (TPSA) is 9.23 Å². The molecule has 0 aromatic heterocycles. The first-order valence-electron chi connectivity index (χ1n) is 4.87. The van der Waals surface area contributed by atoms with E-state index in [0.29, 0.717) is 0 Å². The maximum Gasteiger partial charge on any atom is 0.190 e. The average Bonchev–Trinajstić information content (AvgIpc) is 1.98. The molecule has 1 nitrogen and oxygen atoms in total. The van der Waals surface area contributed by atoms with Gasteiger partial charge < -0.3 is 4.43 Å². The van der Waals surface area contributed by atoms with Crippen molar-refractivity contribution in [1.29, 1.82) is 0 Å². The van der Waals surface area contributed by atoms with Crippen LogP contribution in [0.1, 0.15) is 26.2 Å². The lowest BCUT2D eigenvalue weighted by molar-refractivity contribution is 0.298. The first kappa shape index (κ1) is 11.9. The molecule has 0 bridgehead atoms. The fourth-order valence-electron chi connectivity index (χ4n) is 1.11. The minimum absolute atomic E-state index is 0.945. The monoisotopic (exact) mass is 186 g/mol. The van der Waals surface area contributed by atoms with Crippen molar-refractivity contribution in [1.82, 2.24) is 0 Å². The third-order valence-corrected chi connectivity index (χ3v) is 4.13. The maximum atomic E-state index is 5.84. The van der Waals surface area contributed by atoms with Crippen molar-refractivity contribution in [2.45, 2.75) is 45.3 Å². The first-order valence-corrected chi connectivity index (χ1v) is 7.99. The SMILES string of the molecule is C=CC[Si](C)(C)OCCCCC. The summed E-state index contributed by atoms with van der Waals surface area (Å²) in [6.45, 7) is 11.4. The van der Waals surface area contributed by atoms with Gasteiger partial charge in [-0.3, -0.25) is 0 Å². The van der Waals surface area contributed by atoms with Crippen LogP contribution in [0.4, 0.5) is 0 Å². The van der Waals surface area contributed by atoms with Crippen LogP contribution in [0.2, 0.25) is 19.1 Å². The molecule has 0 heterocycles. The molecule has 0 unspecified atom stereocenters. The van der Waals surface area contributed by atoms with E-state index in [-0.39, 0.29) is 0 Å². The molecule has 0 aromatic carbocycles. The fourth-order valence-corrected chi connectivity index (χ4v) is 2.62. The predicted molar refractivity (Wildman–Crippen MR) is 58.0 cm³/mol. The summed E-state index contributed by atoms with van der Waals surface area (Å²) in [5.41, 5.74) is 0. The Morgan fingerprint density at radius 2 is 2.00 bits per heavy atom. The first-order chi connectivity index (χ1) is 5.62. The van der Waals surface area contributed by atoms with Crippen molar-refractivity contribution in [3.8, 4) is 0 Å². The van der Waals surface area contributed by atoms with Gasteiger partial charge in [0, 0.05) is 6.61 Å². The third kappa shape index (κ3) is 6.62. The van der Waals surface area contributed by atoms with E-state index in [2.05, 4.69) is 26.6 Å². The summed E-state index contributed by atoms with van der Waals surface area (Å²) in [4.78, 5) is 0. The van der Waals surface area contributed by atoms with Crippen LogP contribution in [0, 0.1) is 0 Å². The second-order valence-corrected chi connectivity index (χ2v) is 8.02. The van der Waals surface area contributed by atoms with Crippen LogP contribution in [0.3, 0.4) is 0 Å². The molecule has 2 heteroatoms. The summed E-state index contributed by atoms with van der Waals surface area (Å²) in [5.74, 6) is 0.